The van der Waals surface area contributed by atoms with Crippen molar-refractivity contribution < 1.29 is 0 Å². The number of aryl methyl sites for hydroxylation is 1. The first-order chi connectivity index (χ1) is 9.38. The fourth-order valence-corrected chi connectivity index (χ4v) is 3.29. The van der Waals surface area contributed by atoms with Gasteiger partial charge in [-0.2, -0.15) is 0 Å². The lowest BCUT2D eigenvalue weighted by Crippen LogP contribution is -2.04. The van der Waals surface area contributed by atoms with Crippen molar-refractivity contribution in [2.45, 2.75) is 48.8 Å². The Kier molecular flexibility index (Phi) is 3.79. The van der Waals surface area contributed by atoms with Crippen LogP contribution in [0.5, 0.6) is 0 Å². The molecule has 2 N–H and O–H groups in total. The molecule has 5 nitrogen and oxygen atoms in total. The van der Waals surface area contributed by atoms with Crippen molar-refractivity contribution in [1.29, 1.82) is 0 Å². The smallest absolute Gasteiger partial charge is 0.196 e. The zero-order chi connectivity index (χ0) is 13.1. The van der Waals surface area contributed by atoms with Gasteiger partial charge < -0.3 is 10.3 Å². The summed E-state index contributed by atoms with van der Waals surface area (Å²) in [5.74, 6) is 1.11. The summed E-state index contributed by atoms with van der Waals surface area (Å²) < 4.78 is 2.24. The third-order valence-corrected chi connectivity index (χ3v) is 4.39. The van der Waals surface area contributed by atoms with Gasteiger partial charge in [-0.25, -0.2) is 0 Å². The maximum absolute atomic E-state index is 5.72. The van der Waals surface area contributed by atoms with Gasteiger partial charge in [0.1, 0.15) is 5.82 Å². The van der Waals surface area contributed by atoms with E-state index in [1.54, 1.807) is 18.0 Å². The summed E-state index contributed by atoms with van der Waals surface area (Å²) >= 11 is 1.62. The number of nitrogens with zero attached hydrogens (tertiary/aromatic N) is 4. The highest BCUT2D eigenvalue weighted by atomic mass is 32.2. The summed E-state index contributed by atoms with van der Waals surface area (Å²) in [4.78, 5) is 5.38. The van der Waals surface area contributed by atoms with Crippen LogP contribution in [-0.2, 0) is 19.5 Å². The zero-order valence-electron chi connectivity index (χ0n) is 10.7. The summed E-state index contributed by atoms with van der Waals surface area (Å²) in [6, 6.07) is 3.97. The molecule has 2 aromatic rings. The molecule has 0 unspecified atom stereocenters. The topological polar surface area (TPSA) is 69.6 Å². The molecule has 0 spiro atoms. The predicted molar refractivity (Wildman–Crippen MR) is 73.8 cm³/mol. The minimum atomic E-state index is 0.449. The SMILES string of the molecule is NCc1ncccc1Sc1nnc2n1CCCCC2. The predicted octanol–water partition coefficient (Wildman–Crippen LogP) is 2.01. The van der Waals surface area contributed by atoms with Crippen LogP contribution in [0.25, 0.3) is 0 Å². The average molecular weight is 275 g/mol. The molecule has 100 valence electrons. The maximum atomic E-state index is 5.72. The second kappa shape index (κ2) is 5.71. The van der Waals surface area contributed by atoms with E-state index in [2.05, 4.69) is 19.7 Å². The Morgan fingerprint density at radius 1 is 1.26 bits per heavy atom. The van der Waals surface area contributed by atoms with E-state index < -0.39 is 0 Å². The number of pyridine rings is 1. The summed E-state index contributed by atoms with van der Waals surface area (Å²) in [7, 11) is 0. The molecule has 0 radical (unpaired) electrons. The van der Waals surface area contributed by atoms with Gasteiger partial charge in [0, 0.05) is 30.6 Å². The van der Waals surface area contributed by atoms with Crippen LogP contribution in [0, 0.1) is 0 Å². The Morgan fingerprint density at radius 3 is 3.11 bits per heavy atom. The first-order valence-electron chi connectivity index (χ1n) is 6.62. The van der Waals surface area contributed by atoms with Gasteiger partial charge in [0.25, 0.3) is 0 Å². The van der Waals surface area contributed by atoms with Gasteiger partial charge in [-0.05, 0) is 36.7 Å². The molecule has 0 atom stereocenters. The quantitative estimate of drug-likeness (QED) is 0.928. The van der Waals surface area contributed by atoms with Crippen molar-refractivity contribution in [2.24, 2.45) is 5.73 Å². The molecule has 0 fully saturated rings. The van der Waals surface area contributed by atoms with Crippen molar-refractivity contribution in [3.63, 3.8) is 0 Å². The minimum Gasteiger partial charge on any atom is -0.325 e. The molecule has 3 rings (SSSR count). The van der Waals surface area contributed by atoms with Crippen LogP contribution in [-0.4, -0.2) is 19.7 Å². The number of rotatable bonds is 3. The molecule has 0 aliphatic carbocycles. The average Bonchev–Trinajstić information content (AvgIpc) is 2.68. The number of nitrogens with two attached hydrogens (primary N) is 1. The van der Waals surface area contributed by atoms with E-state index in [4.69, 9.17) is 5.73 Å². The Labute approximate surface area is 116 Å². The highest BCUT2D eigenvalue weighted by Crippen LogP contribution is 2.29. The van der Waals surface area contributed by atoms with E-state index in [-0.39, 0.29) is 0 Å². The van der Waals surface area contributed by atoms with E-state index in [9.17, 15) is 0 Å². The van der Waals surface area contributed by atoms with E-state index in [0.29, 0.717) is 6.54 Å². The molecule has 0 bridgehead atoms. The van der Waals surface area contributed by atoms with E-state index in [1.807, 2.05) is 12.1 Å². The van der Waals surface area contributed by atoms with Crippen molar-refractivity contribution >= 4 is 11.8 Å². The van der Waals surface area contributed by atoms with Gasteiger partial charge >= 0.3 is 0 Å². The van der Waals surface area contributed by atoms with Crippen molar-refractivity contribution in [3.8, 4) is 0 Å². The highest BCUT2D eigenvalue weighted by molar-refractivity contribution is 7.99. The zero-order valence-corrected chi connectivity index (χ0v) is 11.6. The minimum absolute atomic E-state index is 0.449. The first kappa shape index (κ1) is 12.6. The molecule has 6 heteroatoms. The lowest BCUT2D eigenvalue weighted by atomic mass is 10.2. The molecular formula is C13H17N5S. The van der Waals surface area contributed by atoms with E-state index >= 15 is 0 Å². The normalized spacial score (nSPS) is 15.0. The van der Waals surface area contributed by atoms with E-state index in [1.165, 1.54) is 19.3 Å². The number of fused-ring (bicyclic) bond motifs is 1. The number of hydrogen-bond acceptors (Lipinski definition) is 5. The molecule has 0 saturated carbocycles. The number of hydrogen-bond donors (Lipinski definition) is 1. The molecule has 2 aromatic heterocycles. The van der Waals surface area contributed by atoms with Crippen LogP contribution in [0.1, 0.15) is 30.8 Å². The monoisotopic (exact) mass is 275 g/mol. The molecular weight excluding hydrogens is 258 g/mol. The van der Waals surface area contributed by atoms with Gasteiger partial charge in [-0.1, -0.05) is 6.42 Å². The van der Waals surface area contributed by atoms with Crippen LogP contribution in [0.4, 0.5) is 0 Å². The van der Waals surface area contributed by atoms with Crippen molar-refractivity contribution in [2.75, 3.05) is 0 Å². The largest absolute Gasteiger partial charge is 0.325 e. The molecule has 1 aliphatic rings. The van der Waals surface area contributed by atoms with Crippen LogP contribution in [0.3, 0.4) is 0 Å². The third kappa shape index (κ3) is 2.64. The Balaban J connectivity index is 1.89. The molecule has 3 heterocycles. The highest BCUT2D eigenvalue weighted by Gasteiger charge is 2.16. The lowest BCUT2D eigenvalue weighted by Gasteiger charge is -2.08. The standard InChI is InChI=1S/C13H17N5S/c14-9-10-11(5-4-7-15-10)19-13-17-16-12-6-2-1-3-8-18(12)13/h4-5,7H,1-3,6,8-9,14H2. The summed E-state index contributed by atoms with van der Waals surface area (Å²) in [5.41, 5.74) is 6.64. The fraction of sp³-hybridized carbons (Fsp3) is 0.462. The van der Waals surface area contributed by atoms with Gasteiger partial charge in [0.2, 0.25) is 0 Å². The van der Waals surface area contributed by atoms with Gasteiger partial charge in [0.05, 0.1) is 5.69 Å². The second-order valence-electron chi connectivity index (χ2n) is 4.62. The maximum Gasteiger partial charge on any atom is 0.196 e. The lowest BCUT2D eigenvalue weighted by molar-refractivity contribution is 0.591. The fourth-order valence-electron chi connectivity index (χ4n) is 2.30. The number of aromatic nitrogens is 4. The molecule has 0 aromatic carbocycles. The summed E-state index contributed by atoms with van der Waals surface area (Å²) in [6.45, 7) is 1.47. The van der Waals surface area contributed by atoms with E-state index in [0.717, 1.165) is 34.5 Å². The molecule has 19 heavy (non-hydrogen) atoms. The van der Waals surface area contributed by atoms with Crippen molar-refractivity contribution in [1.82, 2.24) is 19.7 Å². The van der Waals surface area contributed by atoms with Gasteiger partial charge in [-0.3, -0.25) is 4.98 Å². The molecule has 0 saturated heterocycles. The summed E-state index contributed by atoms with van der Waals surface area (Å²) in [5, 5.41) is 9.58. The second-order valence-corrected chi connectivity index (χ2v) is 5.62. The Bertz CT molecular complexity index is 566. The third-order valence-electron chi connectivity index (χ3n) is 3.32. The molecule has 1 aliphatic heterocycles. The van der Waals surface area contributed by atoms with Crippen molar-refractivity contribution in [3.05, 3.63) is 29.8 Å². The first-order valence-corrected chi connectivity index (χ1v) is 7.44. The van der Waals surface area contributed by atoms with Gasteiger partial charge in [0.15, 0.2) is 5.16 Å². The summed E-state index contributed by atoms with van der Waals surface area (Å²) in [6.07, 6.45) is 6.49. The van der Waals surface area contributed by atoms with Gasteiger partial charge in [-0.15, -0.1) is 10.2 Å². The van der Waals surface area contributed by atoms with Crippen LogP contribution in [0.15, 0.2) is 28.4 Å². The van der Waals surface area contributed by atoms with Crippen LogP contribution >= 0.6 is 11.8 Å². The van der Waals surface area contributed by atoms with Crippen LogP contribution < -0.4 is 5.73 Å². The Hall–Kier alpha value is -1.40. The Morgan fingerprint density at radius 2 is 2.21 bits per heavy atom. The molecule has 0 amide bonds. The van der Waals surface area contributed by atoms with Crippen LogP contribution in [0.2, 0.25) is 0 Å².